The fraction of sp³-hybridized carbons (Fsp3) is 0.214. The van der Waals surface area contributed by atoms with Gasteiger partial charge in [-0.05, 0) is 49.8 Å². The molecule has 1 aliphatic heterocycles. The van der Waals surface area contributed by atoms with Crippen LogP contribution in [0.5, 0.6) is 0 Å². The number of nitrogens with one attached hydrogen (secondary N) is 2. The van der Waals surface area contributed by atoms with Gasteiger partial charge in [0.25, 0.3) is 0 Å². The third-order valence-electron chi connectivity index (χ3n) is 2.56. The SMILES string of the molecule is CC1(C)C=C(C=Cc2ccccc2Cl)NC(=S)N1. The first-order valence-electron chi connectivity index (χ1n) is 5.71. The van der Waals surface area contributed by atoms with Crippen molar-refractivity contribution in [2.45, 2.75) is 19.4 Å². The Kier molecular flexibility index (Phi) is 3.73. The lowest BCUT2D eigenvalue weighted by Crippen LogP contribution is -2.51. The lowest BCUT2D eigenvalue weighted by molar-refractivity contribution is 0.555. The van der Waals surface area contributed by atoms with Crippen LogP contribution in [0.25, 0.3) is 6.08 Å². The van der Waals surface area contributed by atoms with Crippen molar-refractivity contribution < 1.29 is 0 Å². The molecule has 4 heteroatoms. The zero-order valence-corrected chi connectivity index (χ0v) is 11.9. The van der Waals surface area contributed by atoms with Gasteiger partial charge in [0.05, 0.1) is 5.54 Å². The van der Waals surface area contributed by atoms with Gasteiger partial charge in [-0.3, -0.25) is 0 Å². The van der Waals surface area contributed by atoms with Crippen molar-refractivity contribution in [2.24, 2.45) is 0 Å². The normalized spacial score (nSPS) is 18.2. The highest BCUT2D eigenvalue weighted by Gasteiger charge is 2.20. The van der Waals surface area contributed by atoms with E-state index in [0.717, 1.165) is 16.3 Å². The second-order valence-electron chi connectivity index (χ2n) is 4.76. The fourth-order valence-corrected chi connectivity index (χ4v) is 2.38. The predicted molar refractivity (Wildman–Crippen MR) is 81.5 cm³/mol. The van der Waals surface area contributed by atoms with E-state index in [1.165, 1.54) is 0 Å². The van der Waals surface area contributed by atoms with Crippen LogP contribution >= 0.6 is 23.8 Å². The Labute approximate surface area is 118 Å². The van der Waals surface area contributed by atoms with Crippen LogP contribution in [0, 0.1) is 0 Å². The summed E-state index contributed by atoms with van der Waals surface area (Å²) in [6.45, 7) is 4.15. The lowest BCUT2D eigenvalue weighted by Gasteiger charge is -2.30. The summed E-state index contributed by atoms with van der Waals surface area (Å²) in [5, 5.41) is 7.67. The van der Waals surface area contributed by atoms with Gasteiger partial charge in [0, 0.05) is 10.7 Å². The second-order valence-corrected chi connectivity index (χ2v) is 5.57. The summed E-state index contributed by atoms with van der Waals surface area (Å²) in [5.41, 5.74) is 1.83. The Balaban J connectivity index is 2.22. The first-order chi connectivity index (χ1) is 8.46. The molecule has 0 aromatic heterocycles. The molecule has 1 aromatic rings. The molecule has 94 valence electrons. The first-order valence-corrected chi connectivity index (χ1v) is 6.49. The van der Waals surface area contributed by atoms with E-state index >= 15 is 0 Å². The fourth-order valence-electron chi connectivity index (χ4n) is 1.80. The third kappa shape index (κ3) is 3.34. The van der Waals surface area contributed by atoms with Crippen molar-refractivity contribution in [1.29, 1.82) is 0 Å². The molecular weight excluding hydrogens is 264 g/mol. The standard InChI is InChI=1S/C14H15ClN2S/c1-14(2)9-11(16-13(18)17-14)8-7-10-5-3-4-6-12(10)15/h3-9H,1-2H3,(H2,16,17,18). The van der Waals surface area contributed by atoms with E-state index in [2.05, 4.69) is 30.6 Å². The minimum Gasteiger partial charge on any atom is -0.354 e. The Bertz CT molecular complexity index is 532. The maximum atomic E-state index is 6.10. The molecule has 0 saturated heterocycles. The maximum Gasteiger partial charge on any atom is 0.171 e. The van der Waals surface area contributed by atoms with E-state index in [0.29, 0.717) is 5.11 Å². The summed E-state index contributed by atoms with van der Waals surface area (Å²) in [6, 6.07) is 7.73. The molecule has 1 aromatic carbocycles. The molecule has 0 aliphatic carbocycles. The predicted octanol–water partition coefficient (Wildman–Crippen LogP) is 3.49. The summed E-state index contributed by atoms with van der Waals surface area (Å²) in [4.78, 5) is 0. The molecule has 2 nitrogen and oxygen atoms in total. The van der Waals surface area contributed by atoms with E-state index in [4.69, 9.17) is 23.8 Å². The number of rotatable bonds is 2. The smallest absolute Gasteiger partial charge is 0.171 e. The minimum absolute atomic E-state index is 0.136. The Morgan fingerprint density at radius 2 is 1.94 bits per heavy atom. The van der Waals surface area contributed by atoms with Crippen LogP contribution in [0.1, 0.15) is 19.4 Å². The van der Waals surface area contributed by atoms with E-state index < -0.39 is 0 Å². The average Bonchev–Trinajstić information content (AvgIpc) is 2.25. The number of benzene rings is 1. The molecular formula is C14H15ClN2S. The van der Waals surface area contributed by atoms with Crippen molar-refractivity contribution in [2.75, 3.05) is 0 Å². The average molecular weight is 279 g/mol. The van der Waals surface area contributed by atoms with Crippen LogP contribution in [0.2, 0.25) is 5.02 Å². The summed E-state index contributed by atoms with van der Waals surface area (Å²) >= 11 is 11.3. The van der Waals surface area contributed by atoms with Crippen molar-refractivity contribution in [3.63, 3.8) is 0 Å². The van der Waals surface area contributed by atoms with E-state index in [-0.39, 0.29) is 5.54 Å². The largest absolute Gasteiger partial charge is 0.354 e. The van der Waals surface area contributed by atoms with Crippen LogP contribution < -0.4 is 10.6 Å². The number of hydrogen-bond acceptors (Lipinski definition) is 1. The van der Waals surface area contributed by atoms with Gasteiger partial charge >= 0.3 is 0 Å². The first kappa shape index (κ1) is 13.1. The molecule has 0 amide bonds. The van der Waals surface area contributed by atoms with Gasteiger partial charge in [0.2, 0.25) is 0 Å². The van der Waals surface area contributed by atoms with Crippen LogP contribution in [0.4, 0.5) is 0 Å². The quantitative estimate of drug-likeness (QED) is 0.810. The minimum atomic E-state index is -0.136. The van der Waals surface area contributed by atoms with Crippen LogP contribution in [-0.4, -0.2) is 10.7 Å². The van der Waals surface area contributed by atoms with Crippen molar-refractivity contribution >= 4 is 35.0 Å². The van der Waals surface area contributed by atoms with Crippen molar-refractivity contribution in [3.05, 3.63) is 52.7 Å². The van der Waals surface area contributed by atoms with Crippen LogP contribution in [0.15, 0.2) is 42.1 Å². The molecule has 0 unspecified atom stereocenters. The van der Waals surface area contributed by atoms with Crippen molar-refractivity contribution in [1.82, 2.24) is 10.6 Å². The number of hydrogen-bond donors (Lipinski definition) is 2. The lowest BCUT2D eigenvalue weighted by atomic mass is 10.0. The zero-order valence-electron chi connectivity index (χ0n) is 10.3. The number of thiocarbonyl (C=S) groups is 1. The van der Waals surface area contributed by atoms with Crippen molar-refractivity contribution in [3.8, 4) is 0 Å². The van der Waals surface area contributed by atoms with Gasteiger partial charge in [-0.15, -0.1) is 0 Å². The van der Waals surface area contributed by atoms with Gasteiger partial charge in [-0.25, -0.2) is 0 Å². The number of allylic oxidation sites excluding steroid dienone is 1. The summed E-state index contributed by atoms with van der Waals surface area (Å²) in [7, 11) is 0. The van der Waals surface area contributed by atoms with Crippen LogP contribution in [0.3, 0.4) is 0 Å². The Hall–Kier alpha value is -1.32. The zero-order chi connectivity index (χ0) is 13.2. The van der Waals surface area contributed by atoms with E-state index in [1.54, 1.807) is 0 Å². The molecule has 0 saturated carbocycles. The van der Waals surface area contributed by atoms with E-state index in [9.17, 15) is 0 Å². The molecule has 18 heavy (non-hydrogen) atoms. The number of halogens is 1. The molecule has 0 bridgehead atoms. The molecule has 0 fully saturated rings. The molecule has 0 atom stereocenters. The van der Waals surface area contributed by atoms with Crippen LogP contribution in [-0.2, 0) is 0 Å². The molecule has 0 spiro atoms. The highest BCUT2D eigenvalue weighted by atomic mass is 35.5. The Morgan fingerprint density at radius 1 is 1.22 bits per heavy atom. The van der Waals surface area contributed by atoms with Gasteiger partial charge < -0.3 is 10.6 Å². The highest BCUT2D eigenvalue weighted by molar-refractivity contribution is 7.80. The van der Waals surface area contributed by atoms with Gasteiger partial charge in [-0.2, -0.15) is 0 Å². The maximum absolute atomic E-state index is 6.10. The topological polar surface area (TPSA) is 24.1 Å². The van der Waals surface area contributed by atoms with E-state index in [1.807, 2.05) is 36.4 Å². The van der Waals surface area contributed by atoms with Gasteiger partial charge in [0.1, 0.15) is 0 Å². The third-order valence-corrected chi connectivity index (χ3v) is 3.11. The molecule has 0 radical (unpaired) electrons. The Morgan fingerprint density at radius 3 is 2.61 bits per heavy atom. The molecule has 2 N–H and O–H groups in total. The summed E-state index contributed by atoms with van der Waals surface area (Å²) in [6.07, 6.45) is 6.05. The highest BCUT2D eigenvalue weighted by Crippen LogP contribution is 2.18. The molecule has 2 rings (SSSR count). The molecule has 1 heterocycles. The molecule has 1 aliphatic rings. The second kappa shape index (κ2) is 5.12. The monoisotopic (exact) mass is 278 g/mol. The van der Waals surface area contributed by atoms with Gasteiger partial charge in [0.15, 0.2) is 5.11 Å². The summed E-state index contributed by atoms with van der Waals surface area (Å²) < 4.78 is 0. The van der Waals surface area contributed by atoms with Gasteiger partial charge in [-0.1, -0.05) is 35.9 Å². The summed E-state index contributed by atoms with van der Waals surface area (Å²) in [5.74, 6) is 0.